The zero-order valence-corrected chi connectivity index (χ0v) is 10.2. The van der Waals surface area contributed by atoms with E-state index in [9.17, 15) is 4.79 Å². The summed E-state index contributed by atoms with van der Waals surface area (Å²) in [6.45, 7) is 0.491. The second-order valence-electron chi connectivity index (χ2n) is 4.17. The molecule has 96 valence electrons. The number of rotatable bonds is 4. The second-order valence-corrected chi connectivity index (χ2v) is 4.17. The summed E-state index contributed by atoms with van der Waals surface area (Å²) >= 11 is 0. The normalized spacial score (nSPS) is 10.7. The highest BCUT2D eigenvalue weighted by molar-refractivity contribution is 5.92. The van der Waals surface area contributed by atoms with E-state index in [0.29, 0.717) is 24.6 Å². The fraction of sp³-hybridized carbons (Fsp3) is 0.143. The number of nitrogens with one attached hydrogen (secondary N) is 2. The zero-order chi connectivity index (χ0) is 13.1. The van der Waals surface area contributed by atoms with Crippen molar-refractivity contribution in [3.05, 3.63) is 54.2 Å². The van der Waals surface area contributed by atoms with Crippen molar-refractivity contribution >= 4 is 17.0 Å². The number of aromatic amines is 1. The van der Waals surface area contributed by atoms with Gasteiger partial charge in [0.2, 0.25) is 0 Å². The number of oxazole rings is 1. The number of carbonyl (C=O) groups excluding carboxylic acids is 1. The molecule has 0 fully saturated rings. The predicted molar refractivity (Wildman–Crippen MR) is 70.8 cm³/mol. The first-order chi connectivity index (χ1) is 9.33. The molecule has 0 bridgehead atoms. The number of benzene rings is 1. The van der Waals surface area contributed by atoms with Crippen LogP contribution in [0.25, 0.3) is 11.1 Å². The van der Waals surface area contributed by atoms with Crippen molar-refractivity contribution in [2.24, 2.45) is 0 Å². The molecule has 3 aromatic rings. The standard InChI is InChI=1S/C14H13N3O2/c18-14(11-5-3-8-15-11)16-9-7-13-17-10-4-1-2-6-12(10)19-13/h1-6,8,15H,7,9H2,(H,16,18). The van der Waals surface area contributed by atoms with Gasteiger partial charge in [-0.2, -0.15) is 0 Å². The fourth-order valence-corrected chi connectivity index (χ4v) is 1.88. The van der Waals surface area contributed by atoms with Crippen LogP contribution in [0, 0.1) is 0 Å². The Bertz CT molecular complexity index is 653. The molecule has 1 amide bonds. The molecule has 5 heteroatoms. The summed E-state index contributed by atoms with van der Waals surface area (Å²) in [5.41, 5.74) is 2.17. The van der Waals surface area contributed by atoms with E-state index in [-0.39, 0.29) is 5.91 Å². The highest BCUT2D eigenvalue weighted by atomic mass is 16.3. The Balaban J connectivity index is 1.59. The van der Waals surface area contributed by atoms with Crippen LogP contribution >= 0.6 is 0 Å². The van der Waals surface area contributed by atoms with Gasteiger partial charge in [-0.25, -0.2) is 4.98 Å². The van der Waals surface area contributed by atoms with Crippen molar-refractivity contribution in [2.45, 2.75) is 6.42 Å². The van der Waals surface area contributed by atoms with Gasteiger partial charge in [0.1, 0.15) is 11.2 Å². The summed E-state index contributed by atoms with van der Waals surface area (Å²) in [4.78, 5) is 18.9. The van der Waals surface area contributed by atoms with Crippen LogP contribution in [0.1, 0.15) is 16.4 Å². The summed E-state index contributed by atoms with van der Waals surface area (Å²) in [6.07, 6.45) is 2.29. The maximum atomic E-state index is 11.7. The molecule has 3 rings (SSSR count). The van der Waals surface area contributed by atoms with Gasteiger partial charge < -0.3 is 14.7 Å². The molecule has 1 aromatic carbocycles. The first kappa shape index (κ1) is 11.5. The van der Waals surface area contributed by atoms with E-state index < -0.39 is 0 Å². The molecule has 0 aliphatic carbocycles. The highest BCUT2D eigenvalue weighted by Crippen LogP contribution is 2.14. The van der Waals surface area contributed by atoms with Crippen LogP contribution in [0.5, 0.6) is 0 Å². The van der Waals surface area contributed by atoms with E-state index >= 15 is 0 Å². The van der Waals surface area contributed by atoms with Crippen LogP contribution in [0.4, 0.5) is 0 Å². The molecule has 0 aliphatic rings. The highest BCUT2D eigenvalue weighted by Gasteiger charge is 2.07. The van der Waals surface area contributed by atoms with Crippen molar-refractivity contribution in [3.63, 3.8) is 0 Å². The smallest absolute Gasteiger partial charge is 0.267 e. The monoisotopic (exact) mass is 255 g/mol. The SMILES string of the molecule is O=C(NCCc1nc2ccccc2o1)c1ccc[nH]1. The van der Waals surface area contributed by atoms with E-state index in [4.69, 9.17) is 4.42 Å². The summed E-state index contributed by atoms with van der Waals surface area (Å²) < 4.78 is 5.57. The van der Waals surface area contributed by atoms with Gasteiger partial charge >= 0.3 is 0 Å². The molecule has 2 aromatic heterocycles. The van der Waals surface area contributed by atoms with Crippen LogP contribution in [0.3, 0.4) is 0 Å². The van der Waals surface area contributed by atoms with Crippen molar-refractivity contribution in [2.75, 3.05) is 6.54 Å². The number of hydrogen-bond acceptors (Lipinski definition) is 3. The third-order valence-electron chi connectivity index (χ3n) is 2.81. The summed E-state index contributed by atoms with van der Waals surface area (Å²) in [5.74, 6) is 0.508. The lowest BCUT2D eigenvalue weighted by Crippen LogP contribution is -2.25. The quantitative estimate of drug-likeness (QED) is 0.750. The minimum Gasteiger partial charge on any atom is -0.441 e. The van der Waals surface area contributed by atoms with Crippen LogP contribution in [-0.4, -0.2) is 22.4 Å². The zero-order valence-electron chi connectivity index (χ0n) is 10.2. The number of aromatic nitrogens is 2. The summed E-state index contributed by atoms with van der Waals surface area (Å²) in [7, 11) is 0. The molecule has 0 saturated carbocycles. The van der Waals surface area contributed by atoms with Crippen LogP contribution in [0.2, 0.25) is 0 Å². The molecule has 19 heavy (non-hydrogen) atoms. The van der Waals surface area contributed by atoms with Crippen molar-refractivity contribution in [3.8, 4) is 0 Å². The van der Waals surface area contributed by atoms with E-state index in [2.05, 4.69) is 15.3 Å². The molecule has 0 saturated heterocycles. The second kappa shape index (κ2) is 4.97. The van der Waals surface area contributed by atoms with Crippen molar-refractivity contribution < 1.29 is 9.21 Å². The van der Waals surface area contributed by atoms with Gasteiger partial charge in [0.05, 0.1) is 0 Å². The van der Waals surface area contributed by atoms with E-state index in [1.807, 2.05) is 24.3 Å². The predicted octanol–water partition coefficient (Wildman–Crippen LogP) is 2.13. The summed E-state index contributed by atoms with van der Waals surface area (Å²) in [5, 5.41) is 2.81. The minimum atomic E-state index is -0.124. The first-order valence-electron chi connectivity index (χ1n) is 6.09. The third kappa shape index (κ3) is 2.49. The minimum absolute atomic E-state index is 0.124. The Morgan fingerprint density at radius 2 is 2.16 bits per heavy atom. The van der Waals surface area contributed by atoms with E-state index in [1.54, 1.807) is 18.3 Å². The Labute approximate surface area is 109 Å². The number of para-hydroxylation sites is 2. The molecule has 0 unspecified atom stereocenters. The lowest BCUT2D eigenvalue weighted by Gasteiger charge is -2.00. The van der Waals surface area contributed by atoms with Gasteiger partial charge in [-0.05, 0) is 24.3 Å². The summed E-state index contributed by atoms with van der Waals surface area (Å²) in [6, 6.07) is 11.1. The Morgan fingerprint density at radius 1 is 1.26 bits per heavy atom. The average molecular weight is 255 g/mol. The number of hydrogen-bond donors (Lipinski definition) is 2. The molecule has 0 atom stereocenters. The third-order valence-corrected chi connectivity index (χ3v) is 2.81. The fourth-order valence-electron chi connectivity index (χ4n) is 1.88. The number of amides is 1. The lowest BCUT2D eigenvalue weighted by molar-refractivity contribution is 0.0949. The van der Waals surface area contributed by atoms with Crippen LogP contribution in [-0.2, 0) is 6.42 Å². The van der Waals surface area contributed by atoms with Gasteiger partial charge in [-0.1, -0.05) is 12.1 Å². The Hall–Kier alpha value is -2.56. The number of H-pyrrole nitrogens is 1. The van der Waals surface area contributed by atoms with Crippen LogP contribution < -0.4 is 5.32 Å². The Kier molecular flexibility index (Phi) is 3.02. The topological polar surface area (TPSA) is 70.9 Å². The van der Waals surface area contributed by atoms with E-state index in [0.717, 1.165) is 11.1 Å². The number of nitrogens with zero attached hydrogens (tertiary/aromatic N) is 1. The van der Waals surface area contributed by atoms with Crippen LogP contribution in [0.15, 0.2) is 47.0 Å². The molecular weight excluding hydrogens is 242 g/mol. The molecule has 5 nitrogen and oxygen atoms in total. The molecule has 2 N–H and O–H groups in total. The lowest BCUT2D eigenvalue weighted by atomic mass is 10.3. The first-order valence-corrected chi connectivity index (χ1v) is 6.09. The van der Waals surface area contributed by atoms with Gasteiger partial charge in [-0.15, -0.1) is 0 Å². The molecule has 0 spiro atoms. The van der Waals surface area contributed by atoms with Gasteiger partial charge in [0, 0.05) is 19.2 Å². The van der Waals surface area contributed by atoms with Crippen molar-refractivity contribution in [1.82, 2.24) is 15.3 Å². The molecular formula is C14H13N3O2. The van der Waals surface area contributed by atoms with Crippen molar-refractivity contribution in [1.29, 1.82) is 0 Å². The maximum absolute atomic E-state index is 11.7. The number of carbonyl (C=O) groups is 1. The van der Waals surface area contributed by atoms with E-state index in [1.165, 1.54) is 0 Å². The number of fused-ring (bicyclic) bond motifs is 1. The van der Waals surface area contributed by atoms with Gasteiger partial charge in [-0.3, -0.25) is 4.79 Å². The molecule has 0 radical (unpaired) electrons. The Morgan fingerprint density at radius 3 is 2.95 bits per heavy atom. The molecule has 2 heterocycles. The van der Waals surface area contributed by atoms with Gasteiger partial charge in [0.25, 0.3) is 5.91 Å². The maximum Gasteiger partial charge on any atom is 0.267 e. The average Bonchev–Trinajstić information content (AvgIpc) is 3.07. The largest absolute Gasteiger partial charge is 0.441 e. The van der Waals surface area contributed by atoms with Gasteiger partial charge in [0.15, 0.2) is 11.5 Å². The molecule has 0 aliphatic heterocycles.